The topological polar surface area (TPSA) is 49.9 Å². The first-order valence-electron chi connectivity index (χ1n) is 6.10. The zero-order chi connectivity index (χ0) is 13.8. The fourth-order valence-electron chi connectivity index (χ4n) is 1.56. The van der Waals surface area contributed by atoms with E-state index in [-0.39, 0.29) is 11.8 Å². The highest BCUT2D eigenvalue weighted by molar-refractivity contribution is 7.07. The zero-order valence-corrected chi connectivity index (χ0v) is 12.1. The van der Waals surface area contributed by atoms with Crippen LogP contribution in [0.3, 0.4) is 0 Å². The smallest absolute Gasteiger partial charge is 0.206 e. The first-order chi connectivity index (χ1) is 9.06. The van der Waals surface area contributed by atoms with Gasteiger partial charge in [0.2, 0.25) is 4.80 Å². The van der Waals surface area contributed by atoms with Crippen LogP contribution in [0.4, 0.5) is 0 Å². The summed E-state index contributed by atoms with van der Waals surface area (Å²) in [6.07, 6.45) is 1.72. The Kier molecular flexibility index (Phi) is 4.16. The van der Waals surface area contributed by atoms with Crippen molar-refractivity contribution in [1.29, 1.82) is 0 Å². The van der Waals surface area contributed by atoms with Crippen LogP contribution in [0.15, 0.2) is 39.7 Å². The van der Waals surface area contributed by atoms with Crippen molar-refractivity contribution in [2.75, 3.05) is 0 Å². The van der Waals surface area contributed by atoms with Crippen LogP contribution < -0.4 is 4.80 Å². The molecule has 0 unspecified atom stereocenters. The molecular formula is C14H17N3OS. The van der Waals surface area contributed by atoms with Gasteiger partial charge in [0, 0.05) is 11.4 Å². The summed E-state index contributed by atoms with van der Waals surface area (Å²) in [6.45, 7) is 6.08. The number of rotatable bonds is 3. The molecule has 1 N–H and O–H groups in total. The zero-order valence-electron chi connectivity index (χ0n) is 11.2. The molecule has 0 saturated carbocycles. The standard InChI is InChI=1S/C14H17N3OS/c1-10(2)16-14-17(11(3)9-19-14)15-8-12-5-4-6-13(18)7-12/h4-10,18H,1-3H3. The molecule has 1 heterocycles. The van der Waals surface area contributed by atoms with Crippen molar-refractivity contribution >= 4 is 17.6 Å². The Bertz CT molecular complexity index is 653. The van der Waals surface area contributed by atoms with E-state index < -0.39 is 0 Å². The van der Waals surface area contributed by atoms with E-state index >= 15 is 0 Å². The summed E-state index contributed by atoms with van der Waals surface area (Å²) in [6, 6.07) is 7.23. The molecule has 1 aromatic carbocycles. The number of hydrogen-bond donors (Lipinski definition) is 1. The van der Waals surface area contributed by atoms with Crippen LogP contribution in [0, 0.1) is 6.92 Å². The van der Waals surface area contributed by atoms with Gasteiger partial charge in [-0.3, -0.25) is 4.99 Å². The maximum absolute atomic E-state index is 9.41. The van der Waals surface area contributed by atoms with Crippen molar-refractivity contribution in [1.82, 2.24) is 4.68 Å². The lowest BCUT2D eigenvalue weighted by atomic mass is 10.2. The molecule has 0 aliphatic heterocycles. The Morgan fingerprint density at radius 3 is 2.84 bits per heavy atom. The van der Waals surface area contributed by atoms with Crippen molar-refractivity contribution < 1.29 is 5.11 Å². The highest BCUT2D eigenvalue weighted by Crippen LogP contribution is 2.09. The minimum Gasteiger partial charge on any atom is -0.508 e. The van der Waals surface area contributed by atoms with Crippen molar-refractivity contribution in [3.05, 3.63) is 45.7 Å². The molecule has 0 radical (unpaired) electrons. The predicted octanol–water partition coefficient (Wildman–Crippen LogP) is 2.75. The molecule has 4 nitrogen and oxygen atoms in total. The van der Waals surface area contributed by atoms with Gasteiger partial charge in [-0.2, -0.15) is 5.10 Å². The molecule has 0 atom stereocenters. The number of nitrogens with zero attached hydrogens (tertiary/aromatic N) is 3. The number of aromatic nitrogens is 1. The average molecular weight is 275 g/mol. The third kappa shape index (κ3) is 3.54. The van der Waals surface area contributed by atoms with Crippen LogP contribution in [0.2, 0.25) is 0 Å². The van der Waals surface area contributed by atoms with E-state index in [0.717, 1.165) is 16.1 Å². The van der Waals surface area contributed by atoms with E-state index in [2.05, 4.69) is 10.1 Å². The van der Waals surface area contributed by atoms with E-state index in [1.54, 1.807) is 35.8 Å². The van der Waals surface area contributed by atoms with Crippen LogP contribution >= 0.6 is 11.3 Å². The summed E-state index contributed by atoms with van der Waals surface area (Å²) in [5.74, 6) is 0.239. The van der Waals surface area contributed by atoms with Gasteiger partial charge in [-0.05, 0) is 38.5 Å². The summed E-state index contributed by atoms with van der Waals surface area (Å²) in [7, 11) is 0. The second-order valence-corrected chi connectivity index (χ2v) is 5.37. The van der Waals surface area contributed by atoms with Gasteiger partial charge >= 0.3 is 0 Å². The fraction of sp³-hybridized carbons (Fsp3) is 0.286. The number of aryl methyl sites for hydroxylation is 1. The van der Waals surface area contributed by atoms with E-state index in [1.807, 2.05) is 36.9 Å². The second kappa shape index (κ2) is 5.84. The maximum Gasteiger partial charge on any atom is 0.206 e. The Labute approximate surface area is 116 Å². The van der Waals surface area contributed by atoms with Crippen LogP contribution in [0.1, 0.15) is 25.1 Å². The first-order valence-corrected chi connectivity index (χ1v) is 6.98. The number of thiazole rings is 1. The van der Waals surface area contributed by atoms with Gasteiger partial charge in [0.25, 0.3) is 0 Å². The number of phenols is 1. The number of hydrogen-bond acceptors (Lipinski definition) is 4. The SMILES string of the molecule is Cc1csc(=NC(C)C)n1N=Cc1cccc(O)c1. The van der Waals surface area contributed by atoms with Crippen LogP contribution in [0.25, 0.3) is 0 Å². The normalized spacial score (nSPS) is 12.7. The molecule has 5 heteroatoms. The van der Waals surface area contributed by atoms with Gasteiger partial charge in [0.1, 0.15) is 5.75 Å². The molecule has 0 amide bonds. The van der Waals surface area contributed by atoms with Crippen molar-refractivity contribution in [3.8, 4) is 5.75 Å². The molecule has 0 saturated heterocycles. The highest BCUT2D eigenvalue weighted by Gasteiger charge is 2.00. The second-order valence-electron chi connectivity index (χ2n) is 4.53. The molecule has 0 fully saturated rings. The van der Waals surface area contributed by atoms with Gasteiger partial charge < -0.3 is 5.11 Å². The Balaban J connectivity index is 2.36. The van der Waals surface area contributed by atoms with Gasteiger partial charge in [-0.15, -0.1) is 11.3 Å². The lowest BCUT2D eigenvalue weighted by Crippen LogP contribution is -2.14. The summed E-state index contributed by atoms with van der Waals surface area (Å²) in [4.78, 5) is 5.41. The van der Waals surface area contributed by atoms with E-state index in [1.165, 1.54) is 0 Å². The minimum absolute atomic E-state index is 0.236. The Hall–Kier alpha value is -1.88. The molecule has 0 aliphatic rings. The van der Waals surface area contributed by atoms with E-state index in [0.29, 0.717) is 0 Å². The Morgan fingerprint density at radius 2 is 2.16 bits per heavy atom. The van der Waals surface area contributed by atoms with E-state index in [9.17, 15) is 5.11 Å². The van der Waals surface area contributed by atoms with Crippen molar-refractivity contribution in [2.24, 2.45) is 10.1 Å². The van der Waals surface area contributed by atoms with Gasteiger partial charge in [0.05, 0.1) is 11.9 Å². The monoisotopic (exact) mass is 275 g/mol. The summed E-state index contributed by atoms with van der Waals surface area (Å²) in [5.41, 5.74) is 1.90. The lowest BCUT2D eigenvalue weighted by molar-refractivity contribution is 0.475. The van der Waals surface area contributed by atoms with Crippen molar-refractivity contribution in [3.63, 3.8) is 0 Å². The number of phenolic OH excluding ortho intramolecular Hbond substituents is 1. The molecule has 100 valence electrons. The largest absolute Gasteiger partial charge is 0.508 e. The molecule has 0 spiro atoms. The molecule has 2 aromatic rings. The average Bonchev–Trinajstić information content (AvgIpc) is 2.67. The predicted molar refractivity (Wildman–Crippen MR) is 78.8 cm³/mol. The third-order valence-corrected chi connectivity index (χ3v) is 3.36. The lowest BCUT2D eigenvalue weighted by Gasteiger charge is -1.99. The quantitative estimate of drug-likeness (QED) is 0.860. The van der Waals surface area contributed by atoms with E-state index in [4.69, 9.17) is 0 Å². The summed E-state index contributed by atoms with van der Waals surface area (Å²) in [5, 5.41) is 15.9. The summed E-state index contributed by atoms with van der Waals surface area (Å²) < 4.78 is 1.81. The van der Waals surface area contributed by atoms with Crippen LogP contribution in [-0.4, -0.2) is 22.0 Å². The van der Waals surface area contributed by atoms with Gasteiger partial charge in [0.15, 0.2) is 0 Å². The van der Waals surface area contributed by atoms with Crippen LogP contribution in [0.5, 0.6) is 5.75 Å². The van der Waals surface area contributed by atoms with Gasteiger partial charge in [-0.25, -0.2) is 4.68 Å². The first kappa shape index (κ1) is 13.5. The molecular weight excluding hydrogens is 258 g/mol. The Morgan fingerprint density at radius 1 is 1.37 bits per heavy atom. The van der Waals surface area contributed by atoms with Crippen LogP contribution in [-0.2, 0) is 0 Å². The molecule has 19 heavy (non-hydrogen) atoms. The van der Waals surface area contributed by atoms with Crippen molar-refractivity contribution in [2.45, 2.75) is 26.8 Å². The minimum atomic E-state index is 0.236. The molecule has 1 aromatic heterocycles. The molecule has 2 rings (SSSR count). The highest BCUT2D eigenvalue weighted by atomic mass is 32.1. The number of benzene rings is 1. The number of aromatic hydroxyl groups is 1. The summed E-state index contributed by atoms with van der Waals surface area (Å²) >= 11 is 1.58. The fourth-order valence-corrected chi connectivity index (χ4v) is 2.50. The maximum atomic E-state index is 9.41. The third-order valence-electron chi connectivity index (χ3n) is 2.41. The molecule has 0 aliphatic carbocycles. The van der Waals surface area contributed by atoms with Gasteiger partial charge in [-0.1, -0.05) is 12.1 Å². The molecule has 0 bridgehead atoms.